The summed E-state index contributed by atoms with van der Waals surface area (Å²) in [6.07, 6.45) is 2.35. The van der Waals surface area contributed by atoms with E-state index in [-0.39, 0.29) is 12.7 Å². The van der Waals surface area contributed by atoms with Gasteiger partial charge in [0.1, 0.15) is 17.3 Å². The molecule has 152 valence electrons. The van der Waals surface area contributed by atoms with Crippen LogP contribution < -0.4 is 19.7 Å². The fourth-order valence-corrected chi connectivity index (χ4v) is 4.29. The first-order valence-electron chi connectivity index (χ1n) is 10.0. The molecule has 2 aromatic rings. The molecule has 29 heavy (non-hydrogen) atoms. The summed E-state index contributed by atoms with van der Waals surface area (Å²) in [6, 6.07) is 5.84. The molecule has 1 unspecified atom stereocenters. The predicted molar refractivity (Wildman–Crippen MR) is 106 cm³/mol. The second-order valence-corrected chi connectivity index (χ2v) is 7.72. The molecule has 1 N–H and O–H groups in total. The second-order valence-electron chi connectivity index (χ2n) is 7.72. The summed E-state index contributed by atoms with van der Waals surface area (Å²) >= 11 is 0. The highest BCUT2D eigenvalue weighted by atomic mass is 16.7. The molecule has 8 heteroatoms. The molecule has 0 bridgehead atoms. The topological polar surface area (TPSA) is 85.8 Å². The number of benzene rings is 1. The zero-order valence-corrected chi connectivity index (χ0v) is 16.4. The maximum Gasteiger partial charge on any atom is 0.270 e. The molecule has 5 rings (SSSR count). The number of hydrogen-bond donors (Lipinski definition) is 1. The van der Waals surface area contributed by atoms with Crippen molar-refractivity contribution in [2.24, 2.45) is 5.92 Å². The number of carbonyl (C=O) groups is 1. The summed E-state index contributed by atoms with van der Waals surface area (Å²) in [7, 11) is 1.74. The van der Waals surface area contributed by atoms with Crippen LogP contribution in [0.25, 0.3) is 0 Å². The molecule has 1 saturated heterocycles. The molecule has 0 aliphatic carbocycles. The van der Waals surface area contributed by atoms with E-state index in [2.05, 4.69) is 15.2 Å². The van der Waals surface area contributed by atoms with Crippen LogP contribution in [0, 0.1) is 5.92 Å². The van der Waals surface area contributed by atoms with Crippen LogP contribution in [0.5, 0.6) is 11.5 Å². The van der Waals surface area contributed by atoms with Crippen molar-refractivity contribution in [3.63, 3.8) is 0 Å². The Morgan fingerprint density at radius 1 is 1.28 bits per heavy atom. The van der Waals surface area contributed by atoms with E-state index in [0.717, 1.165) is 61.0 Å². The van der Waals surface area contributed by atoms with Gasteiger partial charge in [-0.2, -0.15) is 0 Å². The quantitative estimate of drug-likeness (QED) is 0.821. The van der Waals surface area contributed by atoms with E-state index in [1.54, 1.807) is 7.11 Å². The first kappa shape index (κ1) is 18.2. The standard InChI is InChI=1S/C21H24N4O4/c1-27-11-14-5-7-25(10-14)20-15-4-6-22-21(26)19(15)23-18(24-20)9-13-2-3-16-17(8-13)29-12-28-16/h2-3,8,14H,4-7,9-12H2,1H3,(H,22,26). The minimum absolute atomic E-state index is 0.116. The highest BCUT2D eigenvalue weighted by Gasteiger charge is 2.30. The van der Waals surface area contributed by atoms with Gasteiger partial charge in [0, 0.05) is 44.6 Å². The molecule has 1 fully saturated rings. The van der Waals surface area contributed by atoms with Crippen LogP contribution in [-0.4, -0.2) is 56.0 Å². The largest absolute Gasteiger partial charge is 0.454 e. The van der Waals surface area contributed by atoms with Gasteiger partial charge in [0.15, 0.2) is 11.5 Å². The Bertz CT molecular complexity index is 949. The number of hydrogen-bond acceptors (Lipinski definition) is 7. The molecule has 3 aliphatic heterocycles. The van der Waals surface area contributed by atoms with Gasteiger partial charge < -0.3 is 24.4 Å². The van der Waals surface area contributed by atoms with Crippen molar-refractivity contribution in [2.75, 3.05) is 45.0 Å². The molecule has 0 saturated carbocycles. The minimum Gasteiger partial charge on any atom is -0.454 e. The third-order valence-electron chi connectivity index (χ3n) is 5.69. The molecule has 4 heterocycles. The van der Waals surface area contributed by atoms with Crippen LogP contribution in [0.4, 0.5) is 5.82 Å². The Balaban J connectivity index is 1.48. The fourth-order valence-electron chi connectivity index (χ4n) is 4.29. The lowest BCUT2D eigenvalue weighted by molar-refractivity contribution is 0.0940. The monoisotopic (exact) mass is 396 g/mol. The number of anilines is 1. The first-order chi connectivity index (χ1) is 14.2. The van der Waals surface area contributed by atoms with Crippen molar-refractivity contribution in [2.45, 2.75) is 19.3 Å². The van der Waals surface area contributed by atoms with E-state index in [1.807, 2.05) is 18.2 Å². The van der Waals surface area contributed by atoms with Gasteiger partial charge in [0.2, 0.25) is 6.79 Å². The molecule has 0 spiro atoms. The first-order valence-corrected chi connectivity index (χ1v) is 10.0. The van der Waals surface area contributed by atoms with Crippen molar-refractivity contribution in [3.8, 4) is 11.5 Å². The van der Waals surface area contributed by atoms with Crippen LogP contribution in [0.1, 0.15) is 33.9 Å². The van der Waals surface area contributed by atoms with E-state index >= 15 is 0 Å². The number of amides is 1. The third kappa shape index (κ3) is 3.48. The van der Waals surface area contributed by atoms with Crippen LogP contribution in [0.2, 0.25) is 0 Å². The van der Waals surface area contributed by atoms with Gasteiger partial charge in [-0.05, 0) is 30.5 Å². The van der Waals surface area contributed by atoms with Gasteiger partial charge in [0.05, 0.1) is 6.61 Å². The van der Waals surface area contributed by atoms with Gasteiger partial charge in [-0.25, -0.2) is 9.97 Å². The number of fused-ring (bicyclic) bond motifs is 2. The number of ether oxygens (including phenoxy) is 3. The van der Waals surface area contributed by atoms with Gasteiger partial charge >= 0.3 is 0 Å². The van der Waals surface area contributed by atoms with Crippen molar-refractivity contribution in [1.82, 2.24) is 15.3 Å². The average Bonchev–Trinajstić information content (AvgIpc) is 3.37. The van der Waals surface area contributed by atoms with E-state index in [9.17, 15) is 4.79 Å². The van der Waals surface area contributed by atoms with E-state index in [0.29, 0.717) is 30.4 Å². The lowest BCUT2D eigenvalue weighted by Crippen LogP contribution is -2.36. The Morgan fingerprint density at radius 3 is 3.07 bits per heavy atom. The highest BCUT2D eigenvalue weighted by Crippen LogP contribution is 2.34. The number of rotatable bonds is 5. The Labute approximate surface area is 169 Å². The molecule has 1 atom stereocenters. The average molecular weight is 396 g/mol. The zero-order chi connectivity index (χ0) is 19.8. The van der Waals surface area contributed by atoms with Crippen molar-refractivity contribution in [3.05, 3.63) is 40.8 Å². The molecule has 1 amide bonds. The lowest BCUT2D eigenvalue weighted by Gasteiger charge is -2.25. The number of methoxy groups -OCH3 is 1. The number of nitrogens with one attached hydrogen (secondary N) is 1. The zero-order valence-electron chi connectivity index (χ0n) is 16.4. The summed E-state index contributed by atoms with van der Waals surface area (Å²) < 4.78 is 16.2. The van der Waals surface area contributed by atoms with Gasteiger partial charge in [0.25, 0.3) is 5.91 Å². The summed E-state index contributed by atoms with van der Waals surface area (Å²) in [4.78, 5) is 24.3. The normalized spacial score (nSPS) is 20.0. The number of nitrogens with zero attached hydrogens (tertiary/aromatic N) is 3. The van der Waals surface area contributed by atoms with Crippen LogP contribution in [-0.2, 0) is 17.6 Å². The maximum atomic E-state index is 12.5. The van der Waals surface area contributed by atoms with Gasteiger partial charge in [-0.15, -0.1) is 0 Å². The molecule has 3 aliphatic rings. The number of aromatic nitrogens is 2. The molecule has 1 aromatic carbocycles. The molecular weight excluding hydrogens is 372 g/mol. The lowest BCUT2D eigenvalue weighted by atomic mass is 10.0. The van der Waals surface area contributed by atoms with Gasteiger partial charge in [-0.3, -0.25) is 4.79 Å². The summed E-state index contributed by atoms with van der Waals surface area (Å²) in [5.41, 5.74) is 2.49. The van der Waals surface area contributed by atoms with Crippen molar-refractivity contribution < 1.29 is 19.0 Å². The maximum absolute atomic E-state index is 12.5. The van der Waals surface area contributed by atoms with E-state index in [4.69, 9.17) is 19.2 Å². The third-order valence-corrected chi connectivity index (χ3v) is 5.69. The molecular formula is C21H24N4O4. The van der Waals surface area contributed by atoms with Crippen LogP contribution in [0.15, 0.2) is 18.2 Å². The van der Waals surface area contributed by atoms with E-state index < -0.39 is 0 Å². The Hall–Kier alpha value is -2.87. The molecule has 1 aromatic heterocycles. The highest BCUT2D eigenvalue weighted by molar-refractivity contribution is 5.96. The van der Waals surface area contributed by atoms with E-state index in [1.165, 1.54) is 0 Å². The minimum atomic E-state index is -0.116. The van der Waals surface area contributed by atoms with Crippen molar-refractivity contribution >= 4 is 11.7 Å². The SMILES string of the molecule is COCC1CCN(c2nc(Cc3ccc4c(c3)OCO4)nc3c2CCNC3=O)C1. The summed E-state index contributed by atoms with van der Waals surface area (Å²) in [6.45, 7) is 3.42. The molecule has 8 nitrogen and oxygen atoms in total. The molecule has 0 radical (unpaired) electrons. The van der Waals surface area contributed by atoms with Crippen LogP contribution >= 0.6 is 0 Å². The second kappa shape index (κ2) is 7.51. The Morgan fingerprint density at radius 2 is 2.17 bits per heavy atom. The summed E-state index contributed by atoms with van der Waals surface area (Å²) in [5.74, 6) is 3.40. The van der Waals surface area contributed by atoms with Crippen LogP contribution in [0.3, 0.4) is 0 Å². The van der Waals surface area contributed by atoms with Gasteiger partial charge in [-0.1, -0.05) is 6.07 Å². The fraction of sp³-hybridized carbons (Fsp3) is 0.476. The van der Waals surface area contributed by atoms with Crippen molar-refractivity contribution in [1.29, 1.82) is 0 Å². The summed E-state index contributed by atoms with van der Waals surface area (Å²) in [5, 5.41) is 2.91. The Kier molecular flexibility index (Phi) is 4.71. The smallest absolute Gasteiger partial charge is 0.270 e. The number of carbonyl (C=O) groups excluding carboxylic acids is 1. The predicted octanol–water partition coefficient (Wildman–Crippen LogP) is 1.55.